The van der Waals surface area contributed by atoms with E-state index in [1.54, 1.807) is 0 Å². The number of anilines is 1. The summed E-state index contributed by atoms with van der Waals surface area (Å²) in [6.07, 6.45) is 1.75. The van der Waals surface area contributed by atoms with Gasteiger partial charge in [-0.2, -0.15) is 0 Å². The van der Waals surface area contributed by atoms with Crippen LogP contribution in [0.5, 0.6) is 0 Å². The molecule has 0 aromatic heterocycles. The van der Waals surface area contributed by atoms with Crippen molar-refractivity contribution >= 4 is 11.7 Å². The number of para-hydroxylation sites is 1. The predicted molar refractivity (Wildman–Crippen MR) is 70.2 cm³/mol. The highest BCUT2D eigenvalue weighted by Gasteiger charge is 2.24. The number of carbonyl (C=O) groups is 1. The van der Waals surface area contributed by atoms with Crippen LogP contribution in [0.4, 0.5) is 5.69 Å². The van der Waals surface area contributed by atoms with Crippen molar-refractivity contribution in [2.24, 2.45) is 0 Å². The lowest BCUT2D eigenvalue weighted by Crippen LogP contribution is -2.34. The molecular weight excluding hydrogens is 214 g/mol. The number of aryl methyl sites for hydroxylation is 1. The molecule has 1 N–H and O–H groups in total. The van der Waals surface area contributed by atoms with E-state index in [0.717, 1.165) is 18.5 Å². The molecule has 1 aliphatic heterocycles. The Morgan fingerprint density at radius 2 is 2.12 bits per heavy atom. The zero-order chi connectivity index (χ0) is 12.7. The number of carbonyl (C=O) groups excluding carboxylic acids is 1. The van der Waals surface area contributed by atoms with Crippen LogP contribution in [0.3, 0.4) is 0 Å². The van der Waals surface area contributed by atoms with E-state index in [1.165, 1.54) is 5.56 Å². The smallest absolute Gasteiger partial charge is 0.328 e. The maximum Gasteiger partial charge on any atom is 0.328 e. The fourth-order valence-electron chi connectivity index (χ4n) is 1.86. The molecule has 0 saturated carbocycles. The van der Waals surface area contributed by atoms with Gasteiger partial charge in [-0.15, -0.1) is 0 Å². The van der Waals surface area contributed by atoms with Crippen LogP contribution < -0.4 is 5.32 Å². The van der Waals surface area contributed by atoms with Crippen LogP contribution >= 0.6 is 0 Å². The van der Waals surface area contributed by atoms with Gasteiger partial charge < -0.3 is 10.1 Å². The molecular formula is C14H21NO2. The summed E-state index contributed by atoms with van der Waals surface area (Å²) >= 11 is 0. The molecule has 94 valence electrons. The largest absolute Gasteiger partial charge is 0.464 e. The summed E-state index contributed by atoms with van der Waals surface area (Å²) in [4.78, 5) is 11.5. The molecule has 0 amide bonds. The normalized spacial score (nSPS) is 17.0. The molecule has 1 aromatic carbocycles. The van der Waals surface area contributed by atoms with Gasteiger partial charge in [-0.1, -0.05) is 32.0 Å². The van der Waals surface area contributed by atoms with Gasteiger partial charge in [0, 0.05) is 5.69 Å². The zero-order valence-electron chi connectivity index (χ0n) is 10.8. The van der Waals surface area contributed by atoms with Crippen molar-refractivity contribution in [3.8, 4) is 0 Å². The molecule has 3 nitrogen and oxygen atoms in total. The van der Waals surface area contributed by atoms with E-state index in [9.17, 15) is 4.79 Å². The summed E-state index contributed by atoms with van der Waals surface area (Å²) in [5.41, 5.74) is 2.33. The maximum atomic E-state index is 11.5. The molecule has 1 aromatic rings. The molecule has 1 atom stereocenters. The van der Waals surface area contributed by atoms with Crippen LogP contribution in [0.15, 0.2) is 24.3 Å². The van der Waals surface area contributed by atoms with Crippen molar-refractivity contribution in [2.45, 2.75) is 39.7 Å². The van der Waals surface area contributed by atoms with Gasteiger partial charge in [-0.25, -0.2) is 4.79 Å². The van der Waals surface area contributed by atoms with Gasteiger partial charge in [-0.05, 0) is 31.4 Å². The first-order valence-corrected chi connectivity index (χ1v) is 6.32. The Hall–Kier alpha value is -1.51. The maximum absolute atomic E-state index is 11.5. The average Bonchev–Trinajstić information content (AvgIpc) is 2.41. The highest BCUT2D eigenvalue weighted by Crippen LogP contribution is 2.24. The number of benzene rings is 1. The molecule has 1 aliphatic rings. The van der Waals surface area contributed by atoms with Crippen molar-refractivity contribution in [3.05, 3.63) is 29.8 Å². The molecule has 0 spiro atoms. The van der Waals surface area contributed by atoms with Gasteiger partial charge in [0.2, 0.25) is 0 Å². The second kappa shape index (κ2) is 6.94. The van der Waals surface area contributed by atoms with Gasteiger partial charge >= 0.3 is 5.97 Å². The second-order valence-corrected chi connectivity index (χ2v) is 3.64. The highest BCUT2D eigenvalue weighted by atomic mass is 16.5. The third kappa shape index (κ3) is 3.48. The average molecular weight is 235 g/mol. The number of fused-ring (bicyclic) bond motifs is 1. The van der Waals surface area contributed by atoms with E-state index in [4.69, 9.17) is 4.74 Å². The first-order valence-electron chi connectivity index (χ1n) is 6.32. The van der Waals surface area contributed by atoms with Crippen molar-refractivity contribution in [3.63, 3.8) is 0 Å². The minimum Gasteiger partial charge on any atom is -0.464 e. The molecule has 17 heavy (non-hydrogen) atoms. The van der Waals surface area contributed by atoms with Gasteiger partial charge in [0.1, 0.15) is 6.04 Å². The SMILES string of the molecule is CC.CCOC(=O)C1CCc2ccccc2N1. The molecule has 0 bridgehead atoms. The molecule has 0 aliphatic carbocycles. The first kappa shape index (κ1) is 13.6. The van der Waals surface area contributed by atoms with Gasteiger partial charge in [0.05, 0.1) is 6.61 Å². The quantitative estimate of drug-likeness (QED) is 0.801. The summed E-state index contributed by atoms with van der Waals surface area (Å²) in [6.45, 7) is 6.27. The third-order valence-corrected chi connectivity index (χ3v) is 2.62. The lowest BCUT2D eigenvalue weighted by Gasteiger charge is -2.25. The number of ether oxygens (including phenoxy) is 1. The fourth-order valence-corrected chi connectivity index (χ4v) is 1.86. The number of hydrogen-bond acceptors (Lipinski definition) is 3. The summed E-state index contributed by atoms with van der Waals surface area (Å²) in [7, 11) is 0. The van der Waals surface area contributed by atoms with E-state index in [2.05, 4.69) is 11.4 Å². The van der Waals surface area contributed by atoms with E-state index >= 15 is 0 Å². The Bertz CT molecular complexity index is 363. The zero-order valence-corrected chi connectivity index (χ0v) is 10.8. The molecule has 2 rings (SSSR count). The molecule has 1 unspecified atom stereocenters. The minimum atomic E-state index is -0.181. The summed E-state index contributed by atoms with van der Waals surface area (Å²) < 4.78 is 4.99. The molecule has 0 radical (unpaired) electrons. The van der Waals surface area contributed by atoms with Crippen molar-refractivity contribution in [2.75, 3.05) is 11.9 Å². The lowest BCUT2D eigenvalue weighted by atomic mass is 9.98. The van der Waals surface area contributed by atoms with Crippen LogP contribution in [-0.2, 0) is 16.0 Å². The second-order valence-electron chi connectivity index (χ2n) is 3.64. The van der Waals surface area contributed by atoms with Gasteiger partial charge in [0.15, 0.2) is 0 Å². The Morgan fingerprint density at radius 3 is 2.82 bits per heavy atom. The number of nitrogens with one attached hydrogen (secondary N) is 1. The molecule has 3 heteroatoms. The molecule has 0 fully saturated rings. The van der Waals surface area contributed by atoms with Crippen LogP contribution in [-0.4, -0.2) is 18.6 Å². The van der Waals surface area contributed by atoms with Crippen LogP contribution in [0.1, 0.15) is 32.8 Å². The van der Waals surface area contributed by atoms with E-state index in [0.29, 0.717) is 6.61 Å². The topological polar surface area (TPSA) is 38.3 Å². The Kier molecular flexibility index (Phi) is 5.53. The van der Waals surface area contributed by atoms with Crippen molar-refractivity contribution in [1.29, 1.82) is 0 Å². The van der Waals surface area contributed by atoms with Crippen LogP contribution in [0, 0.1) is 0 Å². The lowest BCUT2D eigenvalue weighted by molar-refractivity contribution is -0.144. The summed E-state index contributed by atoms with van der Waals surface area (Å²) in [6, 6.07) is 7.90. The van der Waals surface area contributed by atoms with E-state index in [-0.39, 0.29) is 12.0 Å². The minimum absolute atomic E-state index is 0.146. The van der Waals surface area contributed by atoms with E-state index < -0.39 is 0 Å². The standard InChI is InChI=1S/C12H15NO2.C2H6/c1-2-15-12(14)11-8-7-9-5-3-4-6-10(9)13-11;1-2/h3-6,11,13H,2,7-8H2,1H3;1-2H3. The molecule has 1 heterocycles. The van der Waals surface area contributed by atoms with E-state index in [1.807, 2.05) is 39.0 Å². The van der Waals surface area contributed by atoms with Gasteiger partial charge in [-0.3, -0.25) is 0 Å². The Balaban J connectivity index is 0.000000686. The monoisotopic (exact) mass is 235 g/mol. The number of esters is 1. The number of rotatable bonds is 2. The first-order chi connectivity index (χ1) is 8.31. The Morgan fingerprint density at radius 1 is 1.41 bits per heavy atom. The van der Waals surface area contributed by atoms with Gasteiger partial charge in [0.25, 0.3) is 0 Å². The van der Waals surface area contributed by atoms with Crippen LogP contribution in [0.2, 0.25) is 0 Å². The Labute approximate surface area is 103 Å². The predicted octanol–water partition coefficient (Wildman–Crippen LogP) is 3.00. The van der Waals surface area contributed by atoms with Crippen molar-refractivity contribution in [1.82, 2.24) is 0 Å². The highest BCUT2D eigenvalue weighted by molar-refractivity contribution is 5.80. The fraction of sp³-hybridized carbons (Fsp3) is 0.500. The third-order valence-electron chi connectivity index (χ3n) is 2.62. The number of hydrogen-bond donors (Lipinski definition) is 1. The van der Waals surface area contributed by atoms with Crippen LogP contribution in [0.25, 0.3) is 0 Å². The van der Waals surface area contributed by atoms with Crippen molar-refractivity contribution < 1.29 is 9.53 Å². The summed E-state index contributed by atoms with van der Waals surface area (Å²) in [5, 5.41) is 3.21. The summed E-state index contributed by atoms with van der Waals surface area (Å²) in [5.74, 6) is -0.146. The molecule has 0 saturated heterocycles.